The first-order chi connectivity index (χ1) is 11.8. The number of benzene rings is 1. The molecule has 1 atom stereocenters. The molecule has 0 spiro atoms. The minimum atomic E-state index is -0.704. The Morgan fingerprint density at radius 1 is 1.28 bits per heavy atom. The third-order valence-electron chi connectivity index (χ3n) is 4.44. The zero-order chi connectivity index (χ0) is 18.4. The van der Waals surface area contributed by atoms with Crippen molar-refractivity contribution in [3.05, 3.63) is 65.5 Å². The van der Waals surface area contributed by atoms with Gasteiger partial charge >= 0.3 is 0 Å². The summed E-state index contributed by atoms with van der Waals surface area (Å²) in [4.78, 5) is 18.9. The molecule has 0 fully saturated rings. The van der Waals surface area contributed by atoms with Crippen LogP contribution in [0.25, 0.3) is 0 Å². The molecule has 1 heterocycles. The first-order valence-corrected chi connectivity index (χ1v) is 8.80. The smallest absolute Gasteiger partial charge is 0.254 e. The zero-order valence-electron chi connectivity index (χ0n) is 15.6. The number of carbonyl (C=O) groups is 1. The van der Waals surface area contributed by atoms with E-state index in [-0.39, 0.29) is 11.9 Å². The monoisotopic (exact) mass is 340 g/mol. The Labute approximate surface area is 150 Å². The second-order valence-corrected chi connectivity index (χ2v) is 7.14. The van der Waals surface area contributed by atoms with Crippen LogP contribution in [0.4, 0.5) is 0 Å². The second kappa shape index (κ2) is 8.26. The van der Waals surface area contributed by atoms with Gasteiger partial charge in [-0.25, -0.2) is 0 Å². The van der Waals surface area contributed by atoms with Gasteiger partial charge in [0.2, 0.25) is 0 Å². The third kappa shape index (κ3) is 5.40. The van der Waals surface area contributed by atoms with Crippen LogP contribution in [0.2, 0.25) is 0 Å². The van der Waals surface area contributed by atoms with Crippen molar-refractivity contribution in [2.45, 2.75) is 51.7 Å². The maximum Gasteiger partial charge on any atom is 0.254 e. The zero-order valence-corrected chi connectivity index (χ0v) is 15.6. The minimum Gasteiger partial charge on any atom is -0.390 e. The molecular weight excluding hydrogens is 312 g/mol. The summed E-state index contributed by atoms with van der Waals surface area (Å²) in [5, 5.41) is 9.90. The third-order valence-corrected chi connectivity index (χ3v) is 4.44. The van der Waals surface area contributed by atoms with Gasteiger partial charge in [-0.2, -0.15) is 0 Å². The number of aryl methyl sites for hydroxylation is 1. The van der Waals surface area contributed by atoms with Crippen LogP contribution in [0, 0.1) is 0 Å². The fourth-order valence-corrected chi connectivity index (χ4v) is 2.96. The molecular formula is C21H28N2O2. The van der Waals surface area contributed by atoms with E-state index in [2.05, 4.69) is 11.9 Å². The number of nitrogens with zero attached hydrogens (tertiary/aromatic N) is 2. The number of aromatic nitrogens is 1. The quantitative estimate of drug-likeness (QED) is 0.828. The van der Waals surface area contributed by atoms with E-state index in [1.54, 1.807) is 24.9 Å². The number of aliphatic hydroxyl groups is 1. The first-order valence-electron chi connectivity index (χ1n) is 8.80. The summed E-state index contributed by atoms with van der Waals surface area (Å²) in [6, 6.07) is 11.6. The van der Waals surface area contributed by atoms with E-state index in [1.807, 2.05) is 49.6 Å². The fourth-order valence-electron chi connectivity index (χ4n) is 2.96. The Bertz CT molecular complexity index is 693. The molecule has 0 aliphatic rings. The molecule has 1 N–H and O–H groups in total. The normalized spacial score (nSPS) is 12.7. The summed E-state index contributed by atoms with van der Waals surface area (Å²) in [5.74, 6) is 0.000752. The number of pyridine rings is 1. The summed E-state index contributed by atoms with van der Waals surface area (Å²) in [5.41, 5.74) is 2.08. The van der Waals surface area contributed by atoms with Crippen LogP contribution >= 0.6 is 0 Å². The van der Waals surface area contributed by atoms with Gasteiger partial charge in [0.05, 0.1) is 11.6 Å². The molecule has 0 aliphatic heterocycles. The van der Waals surface area contributed by atoms with Crippen LogP contribution in [0.1, 0.15) is 61.1 Å². The van der Waals surface area contributed by atoms with Crippen molar-refractivity contribution >= 4 is 5.91 Å². The van der Waals surface area contributed by atoms with Gasteiger partial charge in [-0.3, -0.25) is 9.78 Å². The van der Waals surface area contributed by atoms with Crippen molar-refractivity contribution in [1.29, 1.82) is 0 Å². The maximum absolute atomic E-state index is 12.9. The molecule has 25 heavy (non-hydrogen) atoms. The molecule has 4 heteroatoms. The topological polar surface area (TPSA) is 53.4 Å². The Balaban J connectivity index is 2.16. The van der Waals surface area contributed by atoms with Crippen LogP contribution in [0.5, 0.6) is 0 Å². The van der Waals surface area contributed by atoms with Gasteiger partial charge in [-0.05, 0) is 62.4 Å². The highest BCUT2D eigenvalue weighted by atomic mass is 16.3. The standard InChI is InChI=1S/C21H28N2O2/c1-5-19(18-10-7-13-22-15-18)23(4)20(24)17-9-6-8-16(14-17)11-12-21(2,3)25/h6-10,13-15,19,25H,5,11-12H2,1-4H3. The van der Waals surface area contributed by atoms with Crippen molar-refractivity contribution in [2.24, 2.45) is 0 Å². The van der Waals surface area contributed by atoms with E-state index >= 15 is 0 Å². The lowest BCUT2D eigenvalue weighted by atomic mass is 9.97. The summed E-state index contributed by atoms with van der Waals surface area (Å²) in [6.45, 7) is 5.67. The average molecular weight is 340 g/mol. The second-order valence-electron chi connectivity index (χ2n) is 7.14. The number of rotatable bonds is 7. The van der Waals surface area contributed by atoms with E-state index in [0.29, 0.717) is 12.0 Å². The highest BCUT2D eigenvalue weighted by molar-refractivity contribution is 5.94. The predicted molar refractivity (Wildman–Crippen MR) is 100 cm³/mol. The van der Waals surface area contributed by atoms with Crippen LogP contribution in [0.3, 0.4) is 0 Å². The Hall–Kier alpha value is -2.20. The number of amides is 1. The van der Waals surface area contributed by atoms with Gasteiger partial charge in [0.25, 0.3) is 5.91 Å². The van der Waals surface area contributed by atoms with E-state index in [9.17, 15) is 9.90 Å². The van der Waals surface area contributed by atoms with Gasteiger partial charge in [-0.15, -0.1) is 0 Å². The van der Waals surface area contributed by atoms with Crippen LogP contribution < -0.4 is 0 Å². The molecule has 1 unspecified atom stereocenters. The average Bonchev–Trinajstić information content (AvgIpc) is 2.60. The molecule has 0 radical (unpaired) electrons. The van der Waals surface area contributed by atoms with Crippen molar-refractivity contribution in [3.63, 3.8) is 0 Å². The largest absolute Gasteiger partial charge is 0.390 e. The SMILES string of the molecule is CCC(c1cccnc1)N(C)C(=O)c1cccc(CCC(C)(C)O)c1. The van der Waals surface area contributed by atoms with Crippen LogP contribution in [-0.2, 0) is 6.42 Å². The minimum absolute atomic E-state index is 0.000752. The first kappa shape index (κ1) is 19.1. The Morgan fingerprint density at radius 3 is 2.64 bits per heavy atom. The molecule has 134 valence electrons. The summed E-state index contributed by atoms with van der Waals surface area (Å²) >= 11 is 0. The predicted octanol–water partition coefficient (Wildman–Crippen LogP) is 4.01. The van der Waals surface area contributed by atoms with Crippen molar-refractivity contribution < 1.29 is 9.90 Å². The van der Waals surface area contributed by atoms with Gasteiger partial charge in [0.1, 0.15) is 0 Å². The van der Waals surface area contributed by atoms with Crippen LogP contribution in [0.15, 0.2) is 48.8 Å². The molecule has 0 aliphatic carbocycles. The molecule has 4 nitrogen and oxygen atoms in total. The van der Waals surface area contributed by atoms with Crippen LogP contribution in [-0.4, -0.2) is 33.5 Å². The highest BCUT2D eigenvalue weighted by Gasteiger charge is 2.22. The lowest BCUT2D eigenvalue weighted by Crippen LogP contribution is -2.31. The number of carbonyl (C=O) groups excluding carboxylic acids is 1. The fraction of sp³-hybridized carbons (Fsp3) is 0.429. The molecule has 1 aromatic heterocycles. The highest BCUT2D eigenvalue weighted by Crippen LogP contribution is 2.24. The van der Waals surface area contributed by atoms with E-state index < -0.39 is 5.60 Å². The molecule has 2 rings (SSSR count). The van der Waals surface area contributed by atoms with Gasteiger partial charge in [0, 0.05) is 25.0 Å². The summed E-state index contributed by atoms with van der Waals surface area (Å²) < 4.78 is 0. The molecule has 1 amide bonds. The van der Waals surface area contributed by atoms with Crippen molar-refractivity contribution in [2.75, 3.05) is 7.05 Å². The Morgan fingerprint density at radius 2 is 2.04 bits per heavy atom. The maximum atomic E-state index is 12.9. The molecule has 0 saturated heterocycles. The number of hydrogen-bond acceptors (Lipinski definition) is 3. The van der Waals surface area contributed by atoms with Gasteiger partial charge in [-0.1, -0.05) is 25.1 Å². The van der Waals surface area contributed by atoms with Gasteiger partial charge < -0.3 is 10.0 Å². The number of hydrogen-bond donors (Lipinski definition) is 1. The van der Waals surface area contributed by atoms with E-state index in [0.717, 1.165) is 24.0 Å². The summed E-state index contributed by atoms with van der Waals surface area (Å²) in [7, 11) is 1.84. The van der Waals surface area contributed by atoms with E-state index in [4.69, 9.17) is 0 Å². The van der Waals surface area contributed by atoms with E-state index in [1.165, 1.54) is 0 Å². The van der Waals surface area contributed by atoms with Crippen molar-refractivity contribution in [3.8, 4) is 0 Å². The van der Waals surface area contributed by atoms with Gasteiger partial charge in [0.15, 0.2) is 0 Å². The lowest BCUT2D eigenvalue weighted by molar-refractivity contribution is 0.0714. The molecule has 1 aromatic carbocycles. The lowest BCUT2D eigenvalue weighted by Gasteiger charge is -2.27. The molecule has 2 aromatic rings. The molecule has 0 saturated carbocycles. The molecule has 0 bridgehead atoms. The van der Waals surface area contributed by atoms with Crippen molar-refractivity contribution in [1.82, 2.24) is 9.88 Å². The Kier molecular flexibility index (Phi) is 6.32. The summed E-state index contributed by atoms with van der Waals surface area (Å²) in [6.07, 6.45) is 5.79.